The van der Waals surface area contributed by atoms with E-state index in [9.17, 15) is 4.79 Å². The van der Waals surface area contributed by atoms with Crippen molar-refractivity contribution < 1.29 is 4.79 Å². The molecule has 1 N–H and O–H groups in total. The third kappa shape index (κ3) is 3.74. The van der Waals surface area contributed by atoms with Crippen LogP contribution in [0.1, 0.15) is 34.2 Å². The smallest absolute Gasteiger partial charge is 0.259 e. The molecule has 0 bridgehead atoms. The van der Waals surface area contributed by atoms with Gasteiger partial charge in [-0.1, -0.05) is 23.7 Å². The van der Waals surface area contributed by atoms with Gasteiger partial charge in [0, 0.05) is 23.5 Å². The number of carbonyl (C=O) groups is 1. The first-order valence-electron chi connectivity index (χ1n) is 8.10. The molecule has 0 radical (unpaired) electrons. The minimum Gasteiger partial charge on any atom is -0.319 e. The van der Waals surface area contributed by atoms with Crippen molar-refractivity contribution in [3.05, 3.63) is 64.2 Å². The van der Waals surface area contributed by atoms with Crippen LogP contribution < -0.4 is 5.32 Å². The Morgan fingerprint density at radius 1 is 1.24 bits per heavy atom. The second-order valence-electron chi connectivity index (χ2n) is 5.87. The Bertz CT molecular complexity index is 895. The quantitative estimate of drug-likeness (QED) is 0.757. The van der Waals surface area contributed by atoms with Gasteiger partial charge < -0.3 is 5.32 Å². The zero-order valence-electron chi connectivity index (χ0n) is 14.5. The average molecular weight is 358 g/mol. The Hall–Kier alpha value is -2.60. The second kappa shape index (κ2) is 7.11. The predicted molar refractivity (Wildman–Crippen MR) is 98.1 cm³/mol. The number of aromatic nitrogens is 4. The lowest BCUT2D eigenvalue weighted by atomic mass is 10.2. The van der Waals surface area contributed by atoms with Gasteiger partial charge in [0.05, 0.1) is 29.7 Å². The number of halogens is 1. The fourth-order valence-corrected chi connectivity index (χ4v) is 2.94. The Labute approximate surface area is 151 Å². The number of carbonyl (C=O) groups excluding carboxylic acids is 1. The van der Waals surface area contributed by atoms with Crippen molar-refractivity contribution in [1.29, 1.82) is 0 Å². The van der Waals surface area contributed by atoms with E-state index >= 15 is 0 Å². The lowest BCUT2D eigenvalue weighted by molar-refractivity contribution is 0.102. The number of anilines is 1. The molecule has 0 spiro atoms. The maximum Gasteiger partial charge on any atom is 0.259 e. The third-order valence-electron chi connectivity index (χ3n) is 4.06. The van der Waals surface area contributed by atoms with Gasteiger partial charge >= 0.3 is 0 Å². The highest BCUT2D eigenvalue weighted by atomic mass is 35.5. The van der Waals surface area contributed by atoms with Gasteiger partial charge in [0.1, 0.15) is 0 Å². The molecule has 0 aliphatic rings. The maximum absolute atomic E-state index is 12.6. The van der Waals surface area contributed by atoms with Crippen LogP contribution in [0.2, 0.25) is 5.02 Å². The van der Waals surface area contributed by atoms with Gasteiger partial charge in [0.15, 0.2) is 0 Å². The minimum atomic E-state index is -0.166. The van der Waals surface area contributed by atoms with E-state index in [1.807, 2.05) is 49.7 Å². The lowest BCUT2D eigenvalue weighted by Gasteiger charge is -2.04. The summed E-state index contributed by atoms with van der Waals surface area (Å²) in [6.07, 6.45) is 3.45. The van der Waals surface area contributed by atoms with Crippen molar-refractivity contribution in [2.75, 3.05) is 5.32 Å². The van der Waals surface area contributed by atoms with Gasteiger partial charge in [-0.15, -0.1) is 0 Å². The van der Waals surface area contributed by atoms with Crippen LogP contribution in [0.15, 0.2) is 36.7 Å². The topological polar surface area (TPSA) is 64.7 Å². The number of benzene rings is 1. The fourth-order valence-electron chi connectivity index (χ4n) is 2.82. The number of nitrogens with one attached hydrogen (secondary N) is 1. The SMILES string of the molecule is CCn1nc(C)c(C(=O)Nc2cnn(Cc3ccc(Cl)cc3)c2)c1C. The van der Waals surface area contributed by atoms with E-state index < -0.39 is 0 Å². The summed E-state index contributed by atoms with van der Waals surface area (Å²) in [7, 11) is 0. The summed E-state index contributed by atoms with van der Waals surface area (Å²) < 4.78 is 3.60. The zero-order chi connectivity index (χ0) is 18.0. The van der Waals surface area contributed by atoms with Crippen LogP contribution in [-0.4, -0.2) is 25.5 Å². The molecule has 130 valence electrons. The zero-order valence-corrected chi connectivity index (χ0v) is 15.2. The van der Waals surface area contributed by atoms with Crippen LogP contribution >= 0.6 is 11.6 Å². The summed E-state index contributed by atoms with van der Waals surface area (Å²) in [5.74, 6) is -0.166. The van der Waals surface area contributed by atoms with E-state index in [2.05, 4.69) is 15.5 Å². The molecule has 1 amide bonds. The molecule has 0 aliphatic carbocycles. The van der Waals surface area contributed by atoms with E-state index in [0.29, 0.717) is 22.8 Å². The monoisotopic (exact) mass is 357 g/mol. The molecule has 1 aromatic carbocycles. The Balaban J connectivity index is 1.72. The van der Waals surface area contributed by atoms with Gasteiger partial charge in [0.25, 0.3) is 5.91 Å². The lowest BCUT2D eigenvalue weighted by Crippen LogP contribution is -2.14. The molecular weight excluding hydrogens is 338 g/mol. The summed E-state index contributed by atoms with van der Waals surface area (Å²) in [5.41, 5.74) is 3.95. The van der Waals surface area contributed by atoms with Crippen molar-refractivity contribution in [2.45, 2.75) is 33.9 Å². The summed E-state index contributed by atoms with van der Waals surface area (Å²) in [6.45, 7) is 7.10. The normalized spacial score (nSPS) is 10.9. The van der Waals surface area contributed by atoms with E-state index in [0.717, 1.165) is 23.5 Å². The van der Waals surface area contributed by atoms with E-state index in [1.54, 1.807) is 17.1 Å². The highest BCUT2D eigenvalue weighted by molar-refractivity contribution is 6.30. The molecule has 7 heteroatoms. The van der Waals surface area contributed by atoms with Gasteiger partial charge in [-0.3, -0.25) is 14.2 Å². The molecule has 0 aliphatic heterocycles. The summed E-state index contributed by atoms with van der Waals surface area (Å²) >= 11 is 5.90. The first kappa shape index (κ1) is 17.2. The molecule has 25 heavy (non-hydrogen) atoms. The van der Waals surface area contributed by atoms with Crippen molar-refractivity contribution in [2.24, 2.45) is 0 Å². The molecule has 6 nitrogen and oxygen atoms in total. The number of nitrogens with zero attached hydrogens (tertiary/aromatic N) is 4. The van der Waals surface area contributed by atoms with Crippen LogP contribution in [0.5, 0.6) is 0 Å². The molecule has 3 rings (SSSR count). The van der Waals surface area contributed by atoms with Crippen molar-refractivity contribution >= 4 is 23.2 Å². The fraction of sp³-hybridized carbons (Fsp3) is 0.278. The first-order valence-corrected chi connectivity index (χ1v) is 8.48. The van der Waals surface area contributed by atoms with Crippen molar-refractivity contribution in [1.82, 2.24) is 19.6 Å². The van der Waals surface area contributed by atoms with Gasteiger partial charge in [0.2, 0.25) is 0 Å². The molecule has 2 aromatic heterocycles. The number of hydrogen-bond donors (Lipinski definition) is 1. The van der Waals surface area contributed by atoms with Crippen LogP contribution in [0.4, 0.5) is 5.69 Å². The third-order valence-corrected chi connectivity index (χ3v) is 4.31. The van der Waals surface area contributed by atoms with Crippen LogP contribution in [0, 0.1) is 13.8 Å². The summed E-state index contributed by atoms with van der Waals surface area (Å²) in [6, 6.07) is 7.60. The van der Waals surface area contributed by atoms with Crippen molar-refractivity contribution in [3.63, 3.8) is 0 Å². The summed E-state index contributed by atoms with van der Waals surface area (Å²) in [5, 5.41) is 12.3. The molecule has 3 aromatic rings. The average Bonchev–Trinajstić information content (AvgIpc) is 3.13. The molecular formula is C18H20ClN5O. The molecule has 0 saturated carbocycles. The predicted octanol–water partition coefficient (Wildman–Crippen LogP) is 3.67. The first-order chi connectivity index (χ1) is 12.0. The largest absolute Gasteiger partial charge is 0.319 e. The number of rotatable bonds is 5. The Morgan fingerprint density at radius 3 is 2.60 bits per heavy atom. The number of aryl methyl sites for hydroxylation is 2. The minimum absolute atomic E-state index is 0.166. The Morgan fingerprint density at radius 2 is 1.96 bits per heavy atom. The van der Waals surface area contributed by atoms with E-state index in [1.165, 1.54) is 0 Å². The highest BCUT2D eigenvalue weighted by Crippen LogP contribution is 2.16. The molecule has 0 saturated heterocycles. The van der Waals surface area contributed by atoms with Crippen LogP contribution in [0.3, 0.4) is 0 Å². The van der Waals surface area contributed by atoms with E-state index in [-0.39, 0.29) is 5.91 Å². The van der Waals surface area contributed by atoms with Crippen LogP contribution in [0.25, 0.3) is 0 Å². The molecule has 0 atom stereocenters. The molecule has 2 heterocycles. The van der Waals surface area contributed by atoms with Crippen molar-refractivity contribution in [3.8, 4) is 0 Å². The standard InChI is InChI=1S/C18H20ClN5O/c1-4-24-13(3)17(12(2)22-24)18(25)21-16-9-20-23(11-16)10-14-5-7-15(19)8-6-14/h5-9,11H,4,10H2,1-3H3,(H,21,25). The number of hydrogen-bond acceptors (Lipinski definition) is 3. The van der Waals surface area contributed by atoms with Gasteiger partial charge in [-0.25, -0.2) is 0 Å². The maximum atomic E-state index is 12.6. The summed E-state index contributed by atoms with van der Waals surface area (Å²) in [4.78, 5) is 12.6. The molecule has 0 unspecified atom stereocenters. The highest BCUT2D eigenvalue weighted by Gasteiger charge is 2.18. The van der Waals surface area contributed by atoms with Gasteiger partial charge in [-0.2, -0.15) is 10.2 Å². The Kier molecular flexibility index (Phi) is 4.90. The van der Waals surface area contributed by atoms with Crippen LogP contribution in [-0.2, 0) is 13.1 Å². The second-order valence-corrected chi connectivity index (χ2v) is 6.31. The van der Waals surface area contributed by atoms with E-state index in [4.69, 9.17) is 11.6 Å². The van der Waals surface area contributed by atoms with Gasteiger partial charge in [-0.05, 0) is 38.5 Å². The number of amides is 1. The molecule has 0 fully saturated rings.